The number of nitrogens with zero attached hydrogens (tertiary/aromatic N) is 4. The first-order valence-electron chi connectivity index (χ1n) is 12.7. The fourth-order valence-electron chi connectivity index (χ4n) is 4.80. The van der Waals surface area contributed by atoms with Gasteiger partial charge in [-0.2, -0.15) is 5.10 Å². The molecule has 0 saturated carbocycles. The third-order valence-electron chi connectivity index (χ3n) is 6.59. The van der Waals surface area contributed by atoms with Crippen LogP contribution in [-0.2, 0) is 0 Å². The summed E-state index contributed by atoms with van der Waals surface area (Å²) in [6.45, 7) is 10.6. The average Bonchev–Trinajstić information content (AvgIpc) is 3.52. The molecular formula is C31H29N7. The summed E-state index contributed by atoms with van der Waals surface area (Å²) in [7, 11) is 0. The van der Waals surface area contributed by atoms with Gasteiger partial charge in [0.25, 0.3) is 0 Å². The van der Waals surface area contributed by atoms with Crippen molar-refractivity contribution in [1.29, 1.82) is 0 Å². The number of allylic oxidation sites excluding steroid dienone is 1. The Hall–Kier alpha value is -4.78. The van der Waals surface area contributed by atoms with Gasteiger partial charge in [-0.25, -0.2) is 0 Å². The van der Waals surface area contributed by atoms with Gasteiger partial charge in [0.2, 0.25) is 0 Å². The SMILES string of the molecule is C=C(CC(C)C)Nc1cncc(-c2cc3c(-c4cc5c(-c6ccc(C)cc6)nccc5[nH]4)n[nH]c3cn2)c1. The fourth-order valence-corrected chi connectivity index (χ4v) is 4.80. The van der Waals surface area contributed by atoms with Crippen molar-refractivity contribution in [3.63, 3.8) is 0 Å². The number of hydrogen-bond donors (Lipinski definition) is 3. The van der Waals surface area contributed by atoms with Gasteiger partial charge in [0, 0.05) is 45.5 Å². The van der Waals surface area contributed by atoms with Crippen LogP contribution in [0, 0.1) is 12.8 Å². The molecule has 5 heterocycles. The van der Waals surface area contributed by atoms with Crippen molar-refractivity contribution < 1.29 is 0 Å². The number of hydrogen-bond acceptors (Lipinski definition) is 5. The second kappa shape index (κ2) is 9.59. The molecule has 0 atom stereocenters. The first kappa shape index (κ1) is 23.6. The summed E-state index contributed by atoms with van der Waals surface area (Å²) in [5.41, 5.74) is 10.5. The lowest BCUT2D eigenvalue weighted by Gasteiger charge is -2.12. The molecule has 0 saturated heterocycles. The van der Waals surface area contributed by atoms with Gasteiger partial charge in [0.1, 0.15) is 5.69 Å². The number of rotatable bonds is 7. The molecule has 0 aliphatic heterocycles. The van der Waals surface area contributed by atoms with Gasteiger partial charge < -0.3 is 10.3 Å². The Balaban J connectivity index is 1.38. The van der Waals surface area contributed by atoms with Crippen LogP contribution < -0.4 is 5.32 Å². The number of aromatic nitrogens is 6. The number of pyridine rings is 3. The van der Waals surface area contributed by atoms with E-state index in [0.29, 0.717) is 5.92 Å². The first-order chi connectivity index (χ1) is 18.4. The van der Waals surface area contributed by atoms with E-state index in [9.17, 15) is 0 Å². The number of fused-ring (bicyclic) bond motifs is 2. The van der Waals surface area contributed by atoms with Crippen molar-refractivity contribution in [2.24, 2.45) is 5.92 Å². The smallest absolute Gasteiger partial charge is 0.116 e. The van der Waals surface area contributed by atoms with Crippen LogP contribution in [0.25, 0.3) is 55.7 Å². The minimum absolute atomic E-state index is 0.531. The van der Waals surface area contributed by atoms with Crippen LogP contribution >= 0.6 is 0 Å². The van der Waals surface area contributed by atoms with Crippen LogP contribution in [0.5, 0.6) is 0 Å². The van der Waals surface area contributed by atoms with Gasteiger partial charge in [0.05, 0.1) is 40.7 Å². The largest absolute Gasteiger partial charge is 0.358 e. The summed E-state index contributed by atoms with van der Waals surface area (Å²) >= 11 is 0. The lowest BCUT2D eigenvalue weighted by atomic mass is 10.1. The molecule has 7 nitrogen and oxygen atoms in total. The van der Waals surface area contributed by atoms with Crippen molar-refractivity contribution >= 4 is 27.5 Å². The van der Waals surface area contributed by atoms with Crippen molar-refractivity contribution in [1.82, 2.24) is 30.1 Å². The van der Waals surface area contributed by atoms with Crippen molar-refractivity contribution in [2.45, 2.75) is 27.2 Å². The molecule has 38 heavy (non-hydrogen) atoms. The zero-order chi connectivity index (χ0) is 26.2. The third-order valence-corrected chi connectivity index (χ3v) is 6.59. The van der Waals surface area contributed by atoms with Crippen LogP contribution in [0.1, 0.15) is 25.8 Å². The van der Waals surface area contributed by atoms with E-state index in [2.05, 4.69) is 105 Å². The van der Waals surface area contributed by atoms with E-state index in [-0.39, 0.29) is 0 Å². The van der Waals surface area contributed by atoms with Crippen molar-refractivity contribution in [3.8, 4) is 33.9 Å². The lowest BCUT2D eigenvalue weighted by molar-refractivity contribution is 0.645. The van der Waals surface area contributed by atoms with E-state index in [1.807, 2.05) is 24.7 Å². The zero-order valence-corrected chi connectivity index (χ0v) is 21.7. The molecule has 3 N–H and O–H groups in total. The number of H-pyrrole nitrogens is 2. The van der Waals surface area contributed by atoms with Gasteiger partial charge in [-0.05, 0) is 43.5 Å². The number of benzene rings is 1. The molecule has 0 bridgehead atoms. The summed E-state index contributed by atoms with van der Waals surface area (Å²) in [6, 6.07) is 16.7. The lowest BCUT2D eigenvalue weighted by Crippen LogP contribution is -2.02. The molecule has 1 aromatic carbocycles. The molecule has 188 valence electrons. The minimum atomic E-state index is 0.531. The van der Waals surface area contributed by atoms with Gasteiger partial charge in [-0.15, -0.1) is 0 Å². The Morgan fingerprint density at radius 3 is 2.53 bits per heavy atom. The maximum Gasteiger partial charge on any atom is 0.116 e. The molecule has 0 aliphatic rings. The Labute approximate surface area is 221 Å². The number of nitrogens with one attached hydrogen (secondary N) is 3. The highest BCUT2D eigenvalue weighted by atomic mass is 15.1. The summed E-state index contributed by atoms with van der Waals surface area (Å²) in [4.78, 5) is 17.3. The summed E-state index contributed by atoms with van der Waals surface area (Å²) in [6.07, 6.45) is 8.19. The molecule has 0 spiro atoms. The second-order valence-electron chi connectivity index (χ2n) is 10.1. The van der Waals surface area contributed by atoms with Crippen LogP contribution in [0.15, 0.2) is 85.6 Å². The quantitative estimate of drug-likeness (QED) is 0.211. The maximum atomic E-state index is 4.68. The predicted octanol–water partition coefficient (Wildman–Crippen LogP) is 7.51. The van der Waals surface area contributed by atoms with E-state index in [1.165, 1.54) is 5.56 Å². The normalized spacial score (nSPS) is 11.5. The Bertz CT molecular complexity index is 1770. The molecule has 0 amide bonds. The fraction of sp³-hybridized carbons (Fsp3) is 0.161. The van der Waals surface area contributed by atoms with E-state index in [0.717, 1.165) is 73.5 Å². The second-order valence-corrected chi connectivity index (χ2v) is 10.1. The molecule has 0 aliphatic carbocycles. The maximum absolute atomic E-state index is 4.68. The summed E-state index contributed by atoms with van der Waals surface area (Å²) < 4.78 is 0. The number of anilines is 1. The topological polar surface area (TPSA) is 95.2 Å². The number of aromatic amines is 2. The molecule has 7 heteroatoms. The van der Waals surface area contributed by atoms with E-state index in [4.69, 9.17) is 0 Å². The molecule has 0 radical (unpaired) electrons. The van der Waals surface area contributed by atoms with Crippen molar-refractivity contribution in [3.05, 3.63) is 91.2 Å². The Kier molecular flexibility index (Phi) is 5.96. The molecule has 6 rings (SSSR count). The standard InChI is InChI=1S/C31H29N7/c1-18(2)11-20(4)35-23-12-22(15-32-16-23)27-13-25-29(17-34-27)37-38-31(25)28-14-24-26(36-28)9-10-33-30(24)21-7-5-19(3)6-8-21/h5-10,12-18,35-36H,4,11H2,1-3H3,(H,37,38). The Morgan fingerprint density at radius 1 is 0.895 bits per heavy atom. The van der Waals surface area contributed by atoms with Crippen molar-refractivity contribution in [2.75, 3.05) is 5.32 Å². The zero-order valence-electron chi connectivity index (χ0n) is 21.7. The Morgan fingerprint density at radius 2 is 1.71 bits per heavy atom. The van der Waals surface area contributed by atoms with E-state index >= 15 is 0 Å². The molecule has 0 fully saturated rings. The minimum Gasteiger partial charge on any atom is -0.358 e. The summed E-state index contributed by atoms with van der Waals surface area (Å²) in [5, 5.41) is 13.2. The highest BCUT2D eigenvalue weighted by Gasteiger charge is 2.15. The van der Waals surface area contributed by atoms with Gasteiger partial charge in [-0.1, -0.05) is 50.3 Å². The van der Waals surface area contributed by atoms with Gasteiger partial charge in [-0.3, -0.25) is 20.1 Å². The average molecular weight is 500 g/mol. The monoisotopic (exact) mass is 499 g/mol. The van der Waals surface area contributed by atoms with Crippen LogP contribution in [-0.4, -0.2) is 30.1 Å². The molecule has 5 aromatic heterocycles. The molecular weight excluding hydrogens is 470 g/mol. The first-order valence-corrected chi connectivity index (χ1v) is 12.7. The van der Waals surface area contributed by atoms with Gasteiger partial charge in [0.15, 0.2) is 0 Å². The van der Waals surface area contributed by atoms with E-state index in [1.54, 1.807) is 6.20 Å². The molecule has 6 aromatic rings. The van der Waals surface area contributed by atoms with Crippen LogP contribution in [0.2, 0.25) is 0 Å². The van der Waals surface area contributed by atoms with Crippen LogP contribution in [0.3, 0.4) is 0 Å². The predicted molar refractivity (Wildman–Crippen MR) is 155 cm³/mol. The highest BCUT2D eigenvalue weighted by molar-refractivity contribution is 6.00. The highest BCUT2D eigenvalue weighted by Crippen LogP contribution is 2.34. The van der Waals surface area contributed by atoms with E-state index < -0.39 is 0 Å². The van der Waals surface area contributed by atoms with Crippen LogP contribution in [0.4, 0.5) is 5.69 Å². The molecule has 0 unspecified atom stereocenters. The number of aryl methyl sites for hydroxylation is 1. The van der Waals surface area contributed by atoms with Gasteiger partial charge >= 0.3 is 0 Å². The summed E-state index contributed by atoms with van der Waals surface area (Å²) in [5.74, 6) is 0.531. The third kappa shape index (κ3) is 4.54.